The average molecular weight is 1250 g/mol. The number of halogens is 8. The first kappa shape index (κ1) is 60.7. The third kappa shape index (κ3) is 12.6. The Morgan fingerprint density at radius 3 is 1.27 bits per heavy atom. The number of aromatic nitrogens is 8. The maximum absolute atomic E-state index is 13.5. The molecule has 6 aromatic rings. The second kappa shape index (κ2) is 23.7. The van der Waals surface area contributed by atoms with Crippen molar-refractivity contribution in [2.75, 3.05) is 84.6 Å². The lowest BCUT2D eigenvalue weighted by atomic mass is 10.0. The van der Waals surface area contributed by atoms with E-state index in [9.17, 15) is 63.9 Å². The zero-order valence-corrected chi connectivity index (χ0v) is 48.2. The molecule has 0 unspecified atom stereocenters. The molecule has 3 N–H and O–H groups in total. The number of anilines is 9. The molecule has 0 spiro atoms. The van der Waals surface area contributed by atoms with Gasteiger partial charge in [-0.3, -0.25) is 45.0 Å². The van der Waals surface area contributed by atoms with Gasteiger partial charge in [-0.2, -0.15) is 23.4 Å². The van der Waals surface area contributed by atoms with E-state index in [0.29, 0.717) is 61.6 Å². The zero-order chi connectivity index (χ0) is 63.6. The predicted molar refractivity (Wildman–Crippen MR) is 310 cm³/mol. The zero-order valence-electron chi connectivity index (χ0n) is 48.2. The number of rotatable bonds is 12. The number of aryl methyl sites for hydroxylation is 1. The second-order valence-corrected chi connectivity index (χ2v) is 23.3. The molecule has 6 bridgehead atoms. The Kier molecular flexibility index (Phi) is 16.0. The summed E-state index contributed by atoms with van der Waals surface area (Å²) in [5.74, 6) is -9.54. The van der Waals surface area contributed by atoms with Crippen LogP contribution >= 0.6 is 0 Å². The van der Waals surface area contributed by atoms with Gasteiger partial charge in [0.1, 0.15) is 28.7 Å². The smallest absolute Gasteiger partial charge is 0.366 e. The summed E-state index contributed by atoms with van der Waals surface area (Å²) in [4.78, 5) is 104. The molecule has 8 aliphatic rings. The number of fused-ring (bicyclic) bond motifs is 12. The van der Waals surface area contributed by atoms with Gasteiger partial charge in [0.05, 0.1) is 46.8 Å². The molecular weight excluding hydrogens is 1190 g/mol. The van der Waals surface area contributed by atoms with Crippen molar-refractivity contribution in [3.8, 4) is 0 Å². The van der Waals surface area contributed by atoms with Crippen molar-refractivity contribution < 1.29 is 63.9 Å². The molecule has 0 aromatic carbocycles. The summed E-state index contributed by atoms with van der Waals surface area (Å²) < 4.78 is 105. The molecule has 470 valence electrons. The van der Waals surface area contributed by atoms with Crippen molar-refractivity contribution in [1.82, 2.24) is 40.3 Å². The van der Waals surface area contributed by atoms with E-state index in [1.165, 1.54) is 52.2 Å². The summed E-state index contributed by atoms with van der Waals surface area (Å²) in [5.41, 5.74) is 2.33. The summed E-state index contributed by atoms with van der Waals surface area (Å²) in [6.07, 6.45) is -1.01. The fourth-order valence-electron chi connectivity index (χ4n) is 11.9. The number of alkyl halides is 7. The summed E-state index contributed by atoms with van der Waals surface area (Å²) >= 11 is 0. The van der Waals surface area contributed by atoms with Crippen LogP contribution in [0.15, 0.2) is 85.2 Å². The molecule has 14 rings (SSSR count). The van der Waals surface area contributed by atoms with E-state index in [-0.39, 0.29) is 78.2 Å². The Morgan fingerprint density at radius 1 is 0.544 bits per heavy atom. The van der Waals surface area contributed by atoms with Crippen molar-refractivity contribution >= 4 is 87.4 Å². The van der Waals surface area contributed by atoms with Crippen LogP contribution in [-0.4, -0.2) is 151 Å². The van der Waals surface area contributed by atoms with Gasteiger partial charge < -0.3 is 14.7 Å². The highest BCUT2D eigenvalue weighted by atomic mass is 19.4. The number of nitrogens with zero attached hydrogens (tertiary/aromatic N) is 14. The van der Waals surface area contributed by atoms with E-state index in [0.717, 1.165) is 44.2 Å². The third-order valence-corrected chi connectivity index (χ3v) is 17.1. The SMILES string of the molecule is Cc1nc(NC(=O)N2c3nc(C(=O)C[C@H](C)C(F)(F)F)ccc3N3CC[C@H]2C3)ccc1F.O=C(C[C@@H]1CC1(F)F)c1ccc2c(n1)N(C(=O)Nc1cccnn1)[C@H]1CCN2C1.O=C(C[C@@H]1CC1(F)F)c1ccc2c(n1)N(C(=O)Nc1cccnn1)[C@H]1CCN2C1. The van der Waals surface area contributed by atoms with E-state index >= 15 is 0 Å². The summed E-state index contributed by atoms with van der Waals surface area (Å²) in [5, 5.41) is 23.3. The van der Waals surface area contributed by atoms with Gasteiger partial charge in [0.25, 0.3) is 11.8 Å². The van der Waals surface area contributed by atoms with Crippen molar-refractivity contribution in [3.05, 3.63) is 114 Å². The summed E-state index contributed by atoms with van der Waals surface area (Å²) in [7, 11) is 0. The second-order valence-electron chi connectivity index (χ2n) is 23.3. The Labute approximate surface area is 507 Å². The highest BCUT2D eigenvalue weighted by molar-refractivity contribution is 6.07. The van der Waals surface area contributed by atoms with Crippen molar-refractivity contribution in [2.24, 2.45) is 17.8 Å². The molecule has 6 aliphatic heterocycles. The van der Waals surface area contributed by atoms with Crippen LogP contribution in [0, 0.1) is 30.5 Å². The minimum atomic E-state index is -4.49. The molecular formula is C59H57F8N17O6. The topological polar surface area (TPSA) is 261 Å². The number of Topliss-reactive ketones (excluding diaryl/α,β-unsaturated/α-hetero) is 3. The number of carbonyl (C=O) groups excluding carboxylic acids is 6. The molecule has 6 aromatic heterocycles. The number of hydrogen-bond acceptors (Lipinski definition) is 17. The number of ketones is 3. The molecule has 2 saturated carbocycles. The highest BCUT2D eigenvalue weighted by Crippen LogP contribution is 2.52. The number of amides is 6. The predicted octanol–water partition coefficient (Wildman–Crippen LogP) is 9.79. The van der Waals surface area contributed by atoms with Crippen molar-refractivity contribution in [1.29, 1.82) is 0 Å². The third-order valence-electron chi connectivity index (χ3n) is 17.1. The van der Waals surface area contributed by atoms with Gasteiger partial charge >= 0.3 is 24.3 Å². The molecule has 5 fully saturated rings. The van der Waals surface area contributed by atoms with Crippen LogP contribution in [0.4, 0.5) is 101 Å². The van der Waals surface area contributed by atoms with Crippen LogP contribution in [0.3, 0.4) is 0 Å². The van der Waals surface area contributed by atoms with Crippen LogP contribution < -0.4 is 45.3 Å². The van der Waals surface area contributed by atoms with Gasteiger partial charge in [0.15, 0.2) is 46.4 Å². The normalized spacial score (nSPS) is 21.7. The molecule has 31 heteroatoms. The van der Waals surface area contributed by atoms with Gasteiger partial charge in [0, 0.05) is 95.6 Å². The number of nitrogens with one attached hydrogen (secondary N) is 3. The maximum Gasteiger partial charge on any atom is 0.391 e. The van der Waals surface area contributed by atoms with E-state index in [2.05, 4.69) is 66.1 Å². The Hall–Kier alpha value is -9.58. The highest BCUT2D eigenvalue weighted by Gasteiger charge is 2.58. The maximum atomic E-state index is 13.5. The number of pyridine rings is 4. The molecule has 0 radical (unpaired) electrons. The van der Waals surface area contributed by atoms with E-state index in [1.54, 1.807) is 54.6 Å². The lowest BCUT2D eigenvalue weighted by Gasteiger charge is -2.35. The van der Waals surface area contributed by atoms with Gasteiger partial charge in [-0.05, 0) is 99.0 Å². The first-order valence-corrected chi connectivity index (χ1v) is 29.1. The fraction of sp³-hybridized carbons (Fsp3) is 0.424. The Bertz CT molecular complexity index is 3660. The van der Waals surface area contributed by atoms with Gasteiger partial charge in [-0.15, -0.1) is 10.2 Å². The standard InChI is InChI=1S/C21H21F4N5O2.2C19H18F2N6O2/c1-11(21(23,24)25)9-17(31)15-4-5-16-19(27-15)30(13-7-8-29(16)10-13)20(32)28-18-6-3-14(22)12(2)26-18;2*20-19(21)9-11(19)8-15(28)13-3-4-14-17(23-13)27(12-5-7-26(14)10-12)18(29)24-16-2-1-6-22-25-16/h3-6,11,13H,7-10H2,1-2H3,(H,26,28,32);2*1-4,6,11-12H,5,7-10H2,(H,24,25,29)/t11-,13-;2*11-,12+/m011/s1. The van der Waals surface area contributed by atoms with E-state index in [4.69, 9.17) is 0 Å². The quantitative estimate of drug-likeness (QED) is 0.0760. The van der Waals surface area contributed by atoms with Crippen LogP contribution in [0.1, 0.15) is 95.4 Å². The number of hydrogen-bond donors (Lipinski definition) is 3. The van der Waals surface area contributed by atoms with Crippen LogP contribution in [0.5, 0.6) is 0 Å². The first-order chi connectivity index (χ1) is 42.9. The van der Waals surface area contributed by atoms with E-state index < -0.39 is 83.5 Å². The molecule has 2 aliphatic carbocycles. The Morgan fingerprint density at radius 2 is 0.922 bits per heavy atom. The Balaban J connectivity index is 0.000000131. The minimum Gasteiger partial charge on any atom is -0.366 e. The molecule has 90 heavy (non-hydrogen) atoms. The van der Waals surface area contributed by atoms with E-state index in [1.807, 2.05) is 4.90 Å². The van der Waals surface area contributed by atoms with Gasteiger partial charge in [-0.1, -0.05) is 6.92 Å². The molecule has 6 amide bonds. The average Bonchev–Trinajstić information content (AvgIpc) is 2.17. The molecule has 6 atom stereocenters. The molecule has 23 nitrogen and oxygen atoms in total. The lowest BCUT2D eigenvalue weighted by molar-refractivity contribution is -0.168. The van der Waals surface area contributed by atoms with Crippen LogP contribution in [0.25, 0.3) is 0 Å². The van der Waals surface area contributed by atoms with Crippen LogP contribution in [0.2, 0.25) is 0 Å². The van der Waals surface area contributed by atoms with Crippen LogP contribution in [-0.2, 0) is 0 Å². The van der Waals surface area contributed by atoms with Crippen molar-refractivity contribution in [2.45, 2.75) is 101 Å². The molecule has 3 saturated heterocycles. The molecule has 12 heterocycles. The van der Waals surface area contributed by atoms with Gasteiger partial charge in [0.2, 0.25) is 0 Å². The summed E-state index contributed by atoms with van der Waals surface area (Å²) in [6, 6.07) is 16.9. The lowest BCUT2D eigenvalue weighted by Crippen LogP contribution is -2.48. The monoisotopic (exact) mass is 1250 g/mol. The largest absolute Gasteiger partial charge is 0.391 e. The fourth-order valence-corrected chi connectivity index (χ4v) is 11.9. The van der Waals surface area contributed by atoms with Gasteiger partial charge in [-0.25, -0.2) is 56.3 Å². The first-order valence-electron chi connectivity index (χ1n) is 29.1. The summed E-state index contributed by atoms with van der Waals surface area (Å²) in [6.45, 7) is 6.54. The van der Waals surface area contributed by atoms with Crippen molar-refractivity contribution in [3.63, 3.8) is 0 Å². The number of urea groups is 3. The number of carbonyl (C=O) groups is 6. The minimum absolute atomic E-state index is 0.0928.